The number of ether oxygens (including phenoxy) is 2. The van der Waals surface area contributed by atoms with Crippen molar-refractivity contribution in [3.8, 4) is 17.2 Å². The molecule has 1 aliphatic heterocycles. The predicted octanol–water partition coefficient (Wildman–Crippen LogP) is 3.28. The van der Waals surface area contributed by atoms with Crippen molar-refractivity contribution >= 4 is 11.8 Å². The summed E-state index contributed by atoms with van der Waals surface area (Å²) in [6, 6.07) is 15.0. The molecule has 0 aromatic heterocycles. The molecule has 0 aliphatic carbocycles. The third-order valence-electron chi connectivity index (χ3n) is 5.05. The number of hydrogen-bond acceptors (Lipinski definition) is 4. The molecule has 28 heavy (non-hydrogen) atoms. The van der Waals surface area contributed by atoms with Crippen molar-refractivity contribution in [2.45, 2.75) is 32.7 Å². The zero-order chi connectivity index (χ0) is 20.1. The molecule has 2 aromatic rings. The number of hydrogen-bond donors (Lipinski definition) is 1. The van der Waals surface area contributed by atoms with Crippen LogP contribution in [0.2, 0.25) is 0 Å². The fraction of sp³-hybridized carbons (Fsp3) is 0.364. The minimum atomic E-state index is -0.352. The van der Waals surface area contributed by atoms with Crippen molar-refractivity contribution < 1.29 is 19.1 Å². The van der Waals surface area contributed by atoms with Gasteiger partial charge in [-0.05, 0) is 63.1 Å². The topological polar surface area (TPSA) is 81.9 Å². The van der Waals surface area contributed by atoms with Crippen molar-refractivity contribution in [1.82, 2.24) is 4.90 Å². The van der Waals surface area contributed by atoms with E-state index in [0.29, 0.717) is 18.0 Å². The molecular formula is C22H26N2O4. The summed E-state index contributed by atoms with van der Waals surface area (Å²) < 4.78 is 11.4. The molecule has 1 aliphatic rings. The highest BCUT2D eigenvalue weighted by molar-refractivity contribution is 5.81. The number of nitrogens with zero attached hydrogens (tertiary/aromatic N) is 1. The van der Waals surface area contributed by atoms with Crippen LogP contribution in [0.15, 0.2) is 48.5 Å². The number of primary amides is 1. The molecule has 2 unspecified atom stereocenters. The van der Waals surface area contributed by atoms with Crippen molar-refractivity contribution in [2.75, 3.05) is 13.2 Å². The Morgan fingerprint density at radius 1 is 1.00 bits per heavy atom. The molecule has 3 rings (SSSR count). The molecule has 2 amide bonds. The Morgan fingerprint density at radius 2 is 1.57 bits per heavy atom. The molecule has 1 fully saturated rings. The molecule has 0 spiro atoms. The standard InChI is InChI=1S/C22H26N2O4/c1-15-3-7-19(8-4-15)28-20-11-9-18(10-12-20)27-14-21(25)24-13-17(22(23)26)6-5-16(24)2/h3-4,7-12,16-17H,5-6,13-14H2,1-2H3,(H2,23,26). The Labute approximate surface area is 165 Å². The molecule has 148 valence electrons. The molecule has 2 N–H and O–H groups in total. The van der Waals surface area contributed by atoms with Gasteiger partial charge >= 0.3 is 0 Å². The Bertz CT molecular complexity index is 817. The molecule has 2 atom stereocenters. The monoisotopic (exact) mass is 382 g/mol. The molecule has 1 heterocycles. The zero-order valence-electron chi connectivity index (χ0n) is 16.3. The molecule has 2 aromatic carbocycles. The summed E-state index contributed by atoms with van der Waals surface area (Å²) in [6.45, 7) is 4.29. The lowest BCUT2D eigenvalue weighted by atomic mass is 9.93. The Morgan fingerprint density at radius 3 is 2.18 bits per heavy atom. The molecular weight excluding hydrogens is 356 g/mol. The lowest BCUT2D eigenvalue weighted by Crippen LogP contribution is -2.50. The quantitative estimate of drug-likeness (QED) is 0.831. The number of benzene rings is 2. The summed E-state index contributed by atoms with van der Waals surface area (Å²) in [5, 5.41) is 0. The third kappa shape index (κ3) is 5.03. The van der Waals surface area contributed by atoms with Gasteiger partial charge in [-0.15, -0.1) is 0 Å². The maximum absolute atomic E-state index is 12.5. The van der Waals surface area contributed by atoms with Gasteiger partial charge < -0.3 is 20.1 Å². The number of amides is 2. The summed E-state index contributed by atoms with van der Waals surface area (Å²) in [5.41, 5.74) is 6.57. The zero-order valence-corrected chi connectivity index (χ0v) is 16.3. The van der Waals surface area contributed by atoms with E-state index in [4.69, 9.17) is 15.2 Å². The molecule has 0 saturated carbocycles. The van der Waals surface area contributed by atoms with Gasteiger partial charge in [-0.1, -0.05) is 17.7 Å². The van der Waals surface area contributed by atoms with E-state index in [9.17, 15) is 9.59 Å². The summed E-state index contributed by atoms with van der Waals surface area (Å²) in [4.78, 5) is 25.6. The highest BCUT2D eigenvalue weighted by Gasteiger charge is 2.31. The molecule has 0 bridgehead atoms. The van der Waals surface area contributed by atoms with Crippen LogP contribution >= 0.6 is 0 Å². The second-order valence-corrected chi connectivity index (χ2v) is 7.25. The Kier molecular flexibility index (Phi) is 6.19. The van der Waals surface area contributed by atoms with Gasteiger partial charge in [0, 0.05) is 12.6 Å². The van der Waals surface area contributed by atoms with Crippen LogP contribution in [0, 0.1) is 12.8 Å². The van der Waals surface area contributed by atoms with Crippen LogP contribution in [0.4, 0.5) is 0 Å². The second kappa shape index (κ2) is 8.78. The molecule has 1 saturated heterocycles. The average Bonchev–Trinajstić information content (AvgIpc) is 2.69. The number of carbonyl (C=O) groups excluding carboxylic acids is 2. The Balaban J connectivity index is 1.53. The van der Waals surface area contributed by atoms with Crippen LogP contribution in [0.25, 0.3) is 0 Å². The fourth-order valence-electron chi connectivity index (χ4n) is 3.26. The van der Waals surface area contributed by atoms with Gasteiger partial charge in [0.05, 0.1) is 5.92 Å². The van der Waals surface area contributed by atoms with Crippen molar-refractivity contribution in [2.24, 2.45) is 11.7 Å². The van der Waals surface area contributed by atoms with E-state index in [1.165, 1.54) is 5.56 Å². The van der Waals surface area contributed by atoms with Gasteiger partial charge in [0.2, 0.25) is 5.91 Å². The molecule has 6 nitrogen and oxygen atoms in total. The minimum Gasteiger partial charge on any atom is -0.484 e. The predicted molar refractivity (Wildman–Crippen MR) is 106 cm³/mol. The van der Waals surface area contributed by atoms with E-state index >= 15 is 0 Å². The van der Waals surface area contributed by atoms with Crippen LogP contribution in [0.5, 0.6) is 17.2 Å². The second-order valence-electron chi connectivity index (χ2n) is 7.25. The van der Waals surface area contributed by atoms with E-state index in [0.717, 1.165) is 18.6 Å². The van der Waals surface area contributed by atoms with Gasteiger partial charge in [0.1, 0.15) is 17.2 Å². The number of rotatable bonds is 6. The first-order valence-corrected chi connectivity index (χ1v) is 9.48. The molecule has 0 radical (unpaired) electrons. The van der Waals surface area contributed by atoms with E-state index in [2.05, 4.69) is 0 Å². The van der Waals surface area contributed by atoms with Gasteiger partial charge in [-0.2, -0.15) is 0 Å². The van der Waals surface area contributed by atoms with E-state index in [1.54, 1.807) is 29.2 Å². The maximum atomic E-state index is 12.5. The summed E-state index contributed by atoms with van der Waals surface area (Å²) in [6.07, 6.45) is 1.49. The smallest absolute Gasteiger partial charge is 0.260 e. The lowest BCUT2D eigenvalue weighted by Gasteiger charge is -2.36. The largest absolute Gasteiger partial charge is 0.484 e. The van der Waals surface area contributed by atoms with Gasteiger partial charge in [-0.3, -0.25) is 9.59 Å². The van der Waals surface area contributed by atoms with Crippen LogP contribution in [-0.2, 0) is 9.59 Å². The first kappa shape index (κ1) is 19.7. The van der Waals surface area contributed by atoms with E-state index < -0.39 is 0 Å². The van der Waals surface area contributed by atoms with Gasteiger partial charge in [-0.25, -0.2) is 0 Å². The van der Waals surface area contributed by atoms with E-state index in [1.807, 2.05) is 38.1 Å². The first-order valence-electron chi connectivity index (χ1n) is 9.48. The van der Waals surface area contributed by atoms with Crippen molar-refractivity contribution in [3.63, 3.8) is 0 Å². The normalized spacial score (nSPS) is 19.1. The lowest BCUT2D eigenvalue weighted by molar-refractivity contribution is -0.139. The SMILES string of the molecule is Cc1ccc(Oc2ccc(OCC(=O)N3CC(C(N)=O)CCC3C)cc2)cc1. The highest BCUT2D eigenvalue weighted by Crippen LogP contribution is 2.25. The highest BCUT2D eigenvalue weighted by atomic mass is 16.5. The maximum Gasteiger partial charge on any atom is 0.260 e. The molecule has 6 heteroatoms. The number of nitrogens with two attached hydrogens (primary N) is 1. The van der Waals surface area contributed by atoms with Crippen molar-refractivity contribution in [3.05, 3.63) is 54.1 Å². The minimum absolute atomic E-state index is 0.0754. The Hall–Kier alpha value is -3.02. The van der Waals surface area contributed by atoms with Gasteiger partial charge in [0.15, 0.2) is 6.61 Å². The summed E-state index contributed by atoms with van der Waals surface area (Å²) in [5.74, 6) is 1.27. The van der Waals surface area contributed by atoms with Crippen LogP contribution in [-0.4, -0.2) is 35.9 Å². The number of likely N-dealkylation sites (tertiary alicyclic amines) is 1. The average molecular weight is 382 g/mol. The van der Waals surface area contributed by atoms with E-state index in [-0.39, 0.29) is 30.4 Å². The number of aryl methyl sites for hydroxylation is 1. The van der Waals surface area contributed by atoms with Crippen molar-refractivity contribution in [1.29, 1.82) is 0 Å². The number of carbonyl (C=O) groups is 2. The third-order valence-corrected chi connectivity index (χ3v) is 5.05. The van der Waals surface area contributed by atoms with Gasteiger partial charge in [0.25, 0.3) is 5.91 Å². The fourth-order valence-corrected chi connectivity index (χ4v) is 3.26. The summed E-state index contributed by atoms with van der Waals surface area (Å²) in [7, 11) is 0. The van der Waals surface area contributed by atoms with Crippen LogP contribution in [0.1, 0.15) is 25.3 Å². The van der Waals surface area contributed by atoms with Crippen LogP contribution < -0.4 is 15.2 Å². The first-order chi connectivity index (χ1) is 13.4. The number of piperidine rings is 1. The van der Waals surface area contributed by atoms with Crippen LogP contribution in [0.3, 0.4) is 0 Å². The summed E-state index contributed by atoms with van der Waals surface area (Å²) >= 11 is 0.